The smallest absolute Gasteiger partial charge is 0.265 e. The van der Waals surface area contributed by atoms with E-state index < -0.39 is 28.5 Å². The summed E-state index contributed by atoms with van der Waals surface area (Å²) in [6.07, 6.45) is 0.705. The SMILES string of the molecule is CCC(C)NC(=O)C(C)N(Cc1ccccc1)C(=O)CN(c1cc(Cl)ccc1OC)S(=O)(=O)c1ccc(OC)c(OC)c1. The van der Waals surface area contributed by atoms with Crippen LogP contribution in [0.4, 0.5) is 5.69 Å². The molecular formula is C31H38ClN3O7S. The molecule has 3 aromatic rings. The van der Waals surface area contributed by atoms with Gasteiger partial charge in [0.05, 0.1) is 31.9 Å². The van der Waals surface area contributed by atoms with Crippen LogP contribution in [0.5, 0.6) is 17.2 Å². The molecule has 0 radical (unpaired) electrons. The van der Waals surface area contributed by atoms with Crippen molar-refractivity contribution in [3.63, 3.8) is 0 Å². The number of benzene rings is 3. The van der Waals surface area contributed by atoms with Crippen molar-refractivity contribution in [2.24, 2.45) is 0 Å². The Morgan fingerprint density at radius 2 is 1.51 bits per heavy atom. The number of carbonyl (C=O) groups excluding carboxylic acids is 2. The number of sulfonamides is 1. The van der Waals surface area contributed by atoms with Crippen LogP contribution < -0.4 is 23.8 Å². The number of anilines is 1. The third-order valence-electron chi connectivity index (χ3n) is 7.00. The van der Waals surface area contributed by atoms with Crippen LogP contribution in [0, 0.1) is 0 Å². The van der Waals surface area contributed by atoms with Gasteiger partial charge < -0.3 is 24.4 Å². The summed E-state index contributed by atoms with van der Waals surface area (Å²) in [5, 5.41) is 3.15. The van der Waals surface area contributed by atoms with Crippen LogP contribution in [0.15, 0.2) is 71.6 Å². The fourth-order valence-corrected chi connectivity index (χ4v) is 5.90. The van der Waals surface area contributed by atoms with E-state index in [4.69, 9.17) is 25.8 Å². The molecule has 0 saturated carbocycles. The Bertz CT molecular complexity index is 1520. The second-order valence-electron chi connectivity index (χ2n) is 9.85. The lowest BCUT2D eigenvalue weighted by Gasteiger charge is -2.33. The van der Waals surface area contributed by atoms with Gasteiger partial charge in [-0.3, -0.25) is 13.9 Å². The molecule has 12 heteroatoms. The van der Waals surface area contributed by atoms with E-state index >= 15 is 0 Å². The Morgan fingerprint density at radius 1 is 0.884 bits per heavy atom. The molecule has 1 N–H and O–H groups in total. The fraction of sp³-hybridized carbons (Fsp3) is 0.355. The van der Waals surface area contributed by atoms with Crippen molar-refractivity contribution in [3.8, 4) is 17.2 Å². The van der Waals surface area contributed by atoms with E-state index in [1.54, 1.807) is 13.0 Å². The minimum atomic E-state index is -4.42. The molecule has 0 spiro atoms. The maximum absolute atomic E-state index is 14.3. The summed E-state index contributed by atoms with van der Waals surface area (Å²) in [5.41, 5.74) is 0.822. The third kappa shape index (κ3) is 8.11. The first-order chi connectivity index (χ1) is 20.5. The van der Waals surface area contributed by atoms with Crippen LogP contribution in [-0.4, -0.2) is 65.1 Å². The number of halogens is 1. The zero-order chi connectivity index (χ0) is 31.7. The maximum Gasteiger partial charge on any atom is 0.265 e. The van der Waals surface area contributed by atoms with Gasteiger partial charge in [0.2, 0.25) is 11.8 Å². The molecule has 0 bridgehead atoms. The number of hydrogen-bond acceptors (Lipinski definition) is 7. The number of methoxy groups -OCH3 is 3. The predicted molar refractivity (Wildman–Crippen MR) is 166 cm³/mol. The molecule has 2 unspecified atom stereocenters. The monoisotopic (exact) mass is 631 g/mol. The van der Waals surface area contributed by atoms with Crippen molar-refractivity contribution >= 4 is 39.1 Å². The Balaban J connectivity index is 2.13. The lowest BCUT2D eigenvalue weighted by atomic mass is 10.1. The van der Waals surface area contributed by atoms with Crippen LogP contribution in [0.3, 0.4) is 0 Å². The molecule has 0 aliphatic rings. The molecule has 3 aromatic carbocycles. The third-order valence-corrected chi connectivity index (χ3v) is 8.99. The first-order valence-electron chi connectivity index (χ1n) is 13.7. The van der Waals surface area contributed by atoms with Gasteiger partial charge >= 0.3 is 0 Å². The van der Waals surface area contributed by atoms with Gasteiger partial charge in [-0.25, -0.2) is 8.42 Å². The molecule has 0 aromatic heterocycles. The number of rotatable bonds is 14. The van der Waals surface area contributed by atoms with E-state index in [-0.39, 0.29) is 45.6 Å². The van der Waals surface area contributed by atoms with Gasteiger partial charge in [0, 0.05) is 23.7 Å². The molecule has 2 atom stereocenters. The van der Waals surface area contributed by atoms with E-state index in [9.17, 15) is 18.0 Å². The lowest BCUT2D eigenvalue weighted by molar-refractivity contribution is -0.139. The second-order valence-corrected chi connectivity index (χ2v) is 12.1. The van der Waals surface area contributed by atoms with Gasteiger partial charge in [-0.1, -0.05) is 48.9 Å². The maximum atomic E-state index is 14.3. The molecule has 232 valence electrons. The summed E-state index contributed by atoms with van der Waals surface area (Å²) >= 11 is 6.30. The highest BCUT2D eigenvalue weighted by molar-refractivity contribution is 7.92. The number of amides is 2. The number of hydrogen-bond donors (Lipinski definition) is 1. The molecule has 0 aliphatic heterocycles. The van der Waals surface area contributed by atoms with Crippen molar-refractivity contribution in [1.82, 2.24) is 10.2 Å². The molecule has 43 heavy (non-hydrogen) atoms. The highest BCUT2D eigenvalue weighted by atomic mass is 35.5. The van der Waals surface area contributed by atoms with E-state index in [0.29, 0.717) is 12.2 Å². The van der Waals surface area contributed by atoms with Crippen molar-refractivity contribution in [1.29, 1.82) is 0 Å². The summed E-state index contributed by atoms with van der Waals surface area (Å²) in [4.78, 5) is 28.5. The van der Waals surface area contributed by atoms with Crippen molar-refractivity contribution in [2.45, 2.75) is 50.7 Å². The zero-order valence-corrected chi connectivity index (χ0v) is 26.7. The predicted octanol–water partition coefficient (Wildman–Crippen LogP) is 4.89. The average Bonchev–Trinajstić information content (AvgIpc) is 3.01. The normalized spacial score (nSPS) is 12.5. The van der Waals surface area contributed by atoms with E-state index in [2.05, 4.69) is 5.32 Å². The summed E-state index contributed by atoms with van der Waals surface area (Å²) in [6.45, 7) is 4.85. The van der Waals surface area contributed by atoms with Gasteiger partial charge in [0.1, 0.15) is 18.3 Å². The fourth-order valence-electron chi connectivity index (χ4n) is 4.30. The summed E-state index contributed by atoms with van der Waals surface area (Å²) in [7, 11) is -0.203. The highest BCUT2D eigenvalue weighted by Crippen LogP contribution is 2.37. The standard InChI is InChI=1S/C31H38ClN3O7S/c1-7-21(2)33-31(37)22(3)34(19-23-11-9-8-10-12-23)30(36)20-35(26-17-24(32)13-15-27(26)40-4)43(38,39)25-14-16-28(41-5)29(18-25)42-6/h8-18,21-22H,7,19-20H2,1-6H3,(H,33,37). The quantitative estimate of drug-likeness (QED) is 0.269. The number of nitrogens with zero attached hydrogens (tertiary/aromatic N) is 2. The van der Waals surface area contributed by atoms with Gasteiger partial charge in [-0.15, -0.1) is 0 Å². The minimum absolute atomic E-state index is 0.0505. The molecular weight excluding hydrogens is 594 g/mol. The lowest BCUT2D eigenvalue weighted by Crippen LogP contribution is -2.52. The van der Waals surface area contributed by atoms with Crippen LogP contribution in [0.2, 0.25) is 5.02 Å². The number of carbonyl (C=O) groups is 2. The summed E-state index contributed by atoms with van der Waals surface area (Å²) < 4.78 is 45.5. The first kappa shape index (κ1) is 33.5. The van der Waals surface area contributed by atoms with Gasteiger partial charge in [0.25, 0.3) is 10.0 Å². The minimum Gasteiger partial charge on any atom is -0.495 e. The van der Waals surface area contributed by atoms with E-state index in [1.165, 1.54) is 56.6 Å². The van der Waals surface area contributed by atoms with Crippen LogP contribution in [-0.2, 0) is 26.2 Å². The Kier molecular flexibility index (Phi) is 11.7. The molecule has 0 aliphatic carbocycles. The van der Waals surface area contributed by atoms with Crippen LogP contribution in [0.25, 0.3) is 0 Å². The first-order valence-corrected chi connectivity index (χ1v) is 15.5. The zero-order valence-electron chi connectivity index (χ0n) is 25.2. The summed E-state index contributed by atoms with van der Waals surface area (Å²) in [6, 6.07) is 16.7. The van der Waals surface area contributed by atoms with Gasteiger partial charge in [-0.05, 0) is 56.2 Å². The van der Waals surface area contributed by atoms with Crippen molar-refractivity contribution in [3.05, 3.63) is 77.3 Å². The van der Waals surface area contributed by atoms with Crippen molar-refractivity contribution < 1.29 is 32.2 Å². The van der Waals surface area contributed by atoms with Gasteiger partial charge in [0.15, 0.2) is 11.5 Å². The molecule has 2 amide bonds. The molecule has 0 heterocycles. The highest BCUT2D eigenvalue weighted by Gasteiger charge is 2.34. The molecule has 0 fully saturated rings. The van der Waals surface area contributed by atoms with Crippen LogP contribution >= 0.6 is 11.6 Å². The second kappa shape index (κ2) is 15.0. The Hall–Kier alpha value is -3.96. The molecule has 0 saturated heterocycles. The topological polar surface area (TPSA) is 114 Å². The number of ether oxygens (including phenoxy) is 3. The molecule has 10 nitrogen and oxygen atoms in total. The Morgan fingerprint density at radius 3 is 2.12 bits per heavy atom. The van der Waals surface area contributed by atoms with E-state index in [0.717, 1.165) is 9.87 Å². The average molecular weight is 632 g/mol. The van der Waals surface area contributed by atoms with E-state index in [1.807, 2.05) is 44.2 Å². The Labute approximate surface area is 258 Å². The van der Waals surface area contributed by atoms with Crippen LogP contribution in [0.1, 0.15) is 32.8 Å². The van der Waals surface area contributed by atoms with Gasteiger partial charge in [-0.2, -0.15) is 0 Å². The summed E-state index contributed by atoms with van der Waals surface area (Å²) in [5.74, 6) is -0.262. The largest absolute Gasteiger partial charge is 0.495 e. The van der Waals surface area contributed by atoms with Crippen molar-refractivity contribution in [2.75, 3.05) is 32.2 Å². The molecule has 3 rings (SSSR count). The number of nitrogens with one attached hydrogen (secondary N) is 1.